The van der Waals surface area contributed by atoms with Gasteiger partial charge in [0.1, 0.15) is 0 Å². The van der Waals surface area contributed by atoms with Crippen molar-refractivity contribution < 1.29 is 8.42 Å². The molecule has 0 heterocycles. The zero-order chi connectivity index (χ0) is 19.9. The summed E-state index contributed by atoms with van der Waals surface area (Å²) in [7, 11) is -3.11. The molecule has 0 aliphatic rings. The summed E-state index contributed by atoms with van der Waals surface area (Å²) >= 11 is 0. The van der Waals surface area contributed by atoms with Crippen molar-refractivity contribution >= 4 is 21.2 Å². The molecule has 2 aromatic rings. The highest BCUT2D eigenvalue weighted by Crippen LogP contribution is 2.17. The first-order valence-corrected chi connectivity index (χ1v) is 11.5. The van der Waals surface area contributed by atoms with Gasteiger partial charge in [0.2, 0.25) is 0 Å². The minimum absolute atomic E-state index is 0.181. The Hall–Kier alpha value is -2.01. The number of aryl methyl sites for hydroxylation is 2. The standard InChI is InChI=1S/C22H32N2O2S/c1-5-23(21-11-7-9-19(3)17-21)13-15-27(25,26)16-14-24(6-2)22-12-8-10-20(4)18-22/h7-12,17-18H,5-6,13-16H2,1-4H3. The van der Waals surface area contributed by atoms with Gasteiger partial charge >= 0.3 is 0 Å². The fraction of sp³-hybridized carbons (Fsp3) is 0.455. The maximum Gasteiger partial charge on any atom is 0.153 e. The Balaban J connectivity index is 1.95. The average molecular weight is 389 g/mol. The lowest BCUT2D eigenvalue weighted by atomic mass is 10.2. The van der Waals surface area contributed by atoms with E-state index in [-0.39, 0.29) is 11.5 Å². The summed E-state index contributed by atoms with van der Waals surface area (Å²) in [5.74, 6) is 0.361. The van der Waals surface area contributed by atoms with Gasteiger partial charge in [-0.2, -0.15) is 0 Å². The number of hydrogen-bond donors (Lipinski definition) is 0. The van der Waals surface area contributed by atoms with E-state index in [1.165, 1.54) is 11.1 Å². The number of hydrogen-bond acceptors (Lipinski definition) is 4. The molecule has 27 heavy (non-hydrogen) atoms. The van der Waals surface area contributed by atoms with Gasteiger partial charge < -0.3 is 9.80 Å². The van der Waals surface area contributed by atoms with Gasteiger partial charge in [-0.25, -0.2) is 8.42 Å². The third-order valence-electron chi connectivity index (χ3n) is 4.84. The van der Waals surface area contributed by atoms with Crippen molar-refractivity contribution in [2.75, 3.05) is 47.5 Å². The van der Waals surface area contributed by atoms with Crippen molar-refractivity contribution in [1.29, 1.82) is 0 Å². The summed E-state index contributed by atoms with van der Waals surface area (Å²) in [6, 6.07) is 16.4. The molecule has 0 saturated carbocycles. The molecule has 148 valence electrons. The maximum atomic E-state index is 12.6. The molecule has 0 saturated heterocycles. The largest absolute Gasteiger partial charge is 0.371 e. The molecule has 2 rings (SSSR count). The van der Waals surface area contributed by atoms with E-state index < -0.39 is 9.84 Å². The van der Waals surface area contributed by atoms with E-state index in [1.807, 2.05) is 24.3 Å². The predicted octanol–water partition coefficient (Wildman–Crippen LogP) is 4.07. The molecular weight excluding hydrogens is 356 g/mol. The summed E-state index contributed by atoms with van der Waals surface area (Å²) in [5, 5.41) is 0. The fourth-order valence-electron chi connectivity index (χ4n) is 3.19. The van der Waals surface area contributed by atoms with Crippen LogP contribution in [0.1, 0.15) is 25.0 Å². The smallest absolute Gasteiger partial charge is 0.153 e. The molecule has 0 bridgehead atoms. The molecule has 0 amide bonds. The first kappa shape index (κ1) is 21.3. The van der Waals surface area contributed by atoms with Crippen LogP contribution in [-0.4, -0.2) is 46.1 Å². The Morgan fingerprint density at radius 3 is 1.48 bits per heavy atom. The van der Waals surface area contributed by atoms with Crippen molar-refractivity contribution in [2.24, 2.45) is 0 Å². The van der Waals surface area contributed by atoms with E-state index >= 15 is 0 Å². The van der Waals surface area contributed by atoms with Crippen molar-refractivity contribution in [2.45, 2.75) is 27.7 Å². The number of rotatable bonds is 10. The third-order valence-corrected chi connectivity index (χ3v) is 6.45. The van der Waals surface area contributed by atoms with Crippen LogP contribution in [0, 0.1) is 13.8 Å². The second-order valence-electron chi connectivity index (χ2n) is 6.99. The van der Waals surface area contributed by atoms with Gasteiger partial charge in [0.25, 0.3) is 0 Å². The molecule has 0 aliphatic carbocycles. The van der Waals surface area contributed by atoms with E-state index in [0.29, 0.717) is 13.1 Å². The van der Waals surface area contributed by atoms with Gasteiger partial charge in [0.05, 0.1) is 11.5 Å². The van der Waals surface area contributed by atoms with Gasteiger partial charge in [0, 0.05) is 37.6 Å². The van der Waals surface area contributed by atoms with E-state index in [1.54, 1.807) is 0 Å². The molecule has 0 N–H and O–H groups in total. The summed E-state index contributed by atoms with van der Waals surface area (Å²) in [6.45, 7) is 10.9. The zero-order valence-electron chi connectivity index (χ0n) is 17.0. The van der Waals surface area contributed by atoms with Crippen LogP contribution in [0.2, 0.25) is 0 Å². The highest BCUT2D eigenvalue weighted by molar-refractivity contribution is 7.91. The van der Waals surface area contributed by atoms with Crippen LogP contribution in [-0.2, 0) is 9.84 Å². The average Bonchev–Trinajstić information content (AvgIpc) is 2.63. The van der Waals surface area contributed by atoms with Gasteiger partial charge in [-0.3, -0.25) is 0 Å². The molecule has 0 aliphatic heterocycles. The van der Waals surface area contributed by atoms with Crippen molar-refractivity contribution in [3.63, 3.8) is 0 Å². The minimum atomic E-state index is -3.11. The van der Waals surface area contributed by atoms with Crippen molar-refractivity contribution in [3.05, 3.63) is 59.7 Å². The number of sulfone groups is 1. The quantitative estimate of drug-likeness (QED) is 0.615. The van der Waals surface area contributed by atoms with Gasteiger partial charge in [-0.15, -0.1) is 0 Å². The molecular formula is C22H32N2O2S. The van der Waals surface area contributed by atoms with Gasteiger partial charge in [0.15, 0.2) is 9.84 Å². The molecule has 4 nitrogen and oxygen atoms in total. The van der Waals surface area contributed by atoms with Crippen LogP contribution in [0.4, 0.5) is 11.4 Å². The van der Waals surface area contributed by atoms with Crippen LogP contribution >= 0.6 is 0 Å². The zero-order valence-corrected chi connectivity index (χ0v) is 17.8. The second-order valence-corrected chi connectivity index (χ2v) is 9.29. The molecule has 0 fully saturated rings. The van der Waals surface area contributed by atoms with Crippen LogP contribution < -0.4 is 9.80 Å². The van der Waals surface area contributed by atoms with Gasteiger partial charge in [-0.1, -0.05) is 24.3 Å². The van der Waals surface area contributed by atoms with Crippen LogP contribution in [0.5, 0.6) is 0 Å². The van der Waals surface area contributed by atoms with Crippen molar-refractivity contribution in [1.82, 2.24) is 0 Å². The first-order valence-electron chi connectivity index (χ1n) is 9.68. The minimum Gasteiger partial charge on any atom is -0.371 e. The topological polar surface area (TPSA) is 40.6 Å². The molecule has 0 unspecified atom stereocenters. The van der Waals surface area contributed by atoms with E-state index in [4.69, 9.17) is 0 Å². The lowest BCUT2D eigenvalue weighted by molar-refractivity contribution is 0.593. The van der Waals surface area contributed by atoms with E-state index in [9.17, 15) is 8.42 Å². The first-order chi connectivity index (χ1) is 12.8. The maximum absolute atomic E-state index is 12.6. The van der Waals surface area contributed by atoms with Crippen LogP contribution in [0.25, 0.3) is 0 Å². The van der Waals surface area contributed by atoms with E-state index in [2.05, 4.69) is 61.8 Å². The third kappa shape index (κ3) is 6.58. The van der Waals surface area contributed by atoms with Crippen molar-refractivity contribution in [3.8, 4) is 0 Å². The van der Waals surface area contributed by atoms with Crippen LogP contribution in [0.15, 0.2) is 48.5 Å². The molecule has 5 heteroatoms. The summed E-state index contributed by atoms with van der Waals surface area (Å²) in [6.07, 6.45) is 0. The summed E-state index contributed by atoms with van der Waals surface area (Å²) < 4.78 is 25.2. The summed E-state index contributed by atoms with van der Waals surface area (Å²) in [4.78, 5) is 4.26. The number of nitrogens with zero attached hydrogens (tertiary/aromatic N) is 2. The summed E-state index contributed by atoms with van der Waals surface area (Å²) in [5.41, 5.74) is 4.54. The Labute approximate surface area is 164 Å². The fourth-order valence-corrected chi connectivity index (χ4v) is 4.39. The number of anilines is 2. The van der Waals surface area contributed by atoms with Crippen LogP contribution in [0.3, 0.4) is 0 Å². The molecule has 0 radical (unpaired) electrons. The number of benzene rings is 2. The lowest BCUT2D eigenvalue weighted by Crippen LogP contribution is -2.34. The highest BCUT2D eigenvalue weighted by atomic mass is 32.2. The predicted molar refractivity (Wildman–Crippen MR) is 117 cm³/mol. The Bertz CT molecular complexity index is 770. The monoisotopic (exact) mass is 388 g/mol. The Morgan fingerprint density at radius 1 is 0.741 bits per heavy atom. The second kappa shape index (κ2) is 9.79. The molecule has 2 aromatic carbocycles. The van der Waals surface area contributed by atoms with E-state index in [0.717, 1.165) is 24.5 Å². The molecule has 0 aromatic heterocycles. The molecule has 0 atom stereocenters. The molecule has 0 spiro atoms. The lowest BCUT2D eigenvalue weighted by Gasteiger charge is -2.25. The highest BCUT2D eigenvalue weighted by Gasteiger charge is 2.16. The van der Waals surface area contributed by atoms with Gasteiger partial charge in [-0.05, 0) is 63.1 Å². The Kier molecular flexibility index (Phi) is 7.72. The SMILES string of the molecule is CCN(CCS(=O)(=O)CCN(CC)c1cccc(C)c1)c1cccc(C)c1. The normalized spacial score (nSPS) is 11.4. The Morgan fingerprint density at radius 2 is 1.15 bits per heavy atom.